The van der Waals surface area contributed by atoms with Gasteiger partial charge in [0.2, 0.25) is 0 Å². The molecular weight excluding hydrogens is 526 g/mol. The first-order valence-electron chi connectivity index (χ1n) is 10.9. The summed E-state index contributed by atoms with van der Waals surface area (Å²) in [7, 11) is 3.72. The van der Waals surface area contributed by atoms with Gasteiger partial charge in [0.25, 0.3) is 0 Å². The van der Waals surface area contributed by atoms with Gasteiger partial charge in [-0.05, 0) is 64.6 Å². The lowest BCUT2D eigenvalue weighted by molar-refractivity contribution is -0.671. The highest BCUT2D eigenvalue weighted by Gasteiger charge is 2.29. The van der Waals surface area contributed by atoms with E-state index < -0.39 is 0 Å². The van der Waals surface area contributed by atoms with Crippen molar-refractivity contribution >= 4 is 5.69 Å². The van der Waals surface area contributed by atoms with Crippen molar-refractivity contribution in [3.05, 3.63) is 114 Å². The van der Waals surface area contributed by atoms with Crippen LogP contribution in [0.25, 0.3) is 11.1 Å². The fraction of sp³-hybridized carbons (Fsp3) is 0.179. The van der Waals surface area contributed by atoms with Crippen molar-refractivity contribution in [1.29, 1.82) is 0 Å². The average Bonchev–Trinajstić information content (AvgIpc) is 2.83. The van der Waals surface area contributed by atoms with Crippen LogP contribution < -0.4 is 38.2 Å². The lowest BCUT2D eigenvalue weighted by atomic mass is 9.87. The maximum atomic E-state index is 14.1. The zero-order chi connectivity index (χ0) is 22.1. The SMILES string of the molecule is COc1ccc2c(c1)CCN(c1cccc(F)c1)C2c1ccc(-c2cc[n+](C)cc2)cc1.[I-]. The number of methoxy groups -OCH3 is 1. The summed E-state index contributed by atoms with van der Waals surface area (Å²) in [5, 5.41) is 0. The first-order chi connectivity index (χ1) is 15.6. The monoisotopic (exact) mass is 552 g/mol. The second kappa shape index (κ2) is 9.91. The third-order valence-corrected chi connectivity index (χ3v) is 6.26. The summed E-state index contributed by atoms with van der Waals surface area (Å²) in [4.78, 5) is 2.30. The molecule has 2 heterocycles. The van der Waals surface area contributed by atoms with Crippen LogP contribution in [0.15, 0.2) is 91.3 Å². The third-order valence-electron chi connectivity index (χ3n) is 6.26. The molecule has 0 aliphatic carbocycles. The quantitative estimate of drug-likeness (QED) is 0.286. The van der Waals surface area contributed by atoms with Gasteiger partial charge in [0.1, 0.15) is 18.6 Å². The molecule has 1 atom stereocenters. The Balaban J connectivity index is 0.00000259. The summed E-state index contributed by atoms with van der Waals surface area (Å²) < 4.78 is 21.6. The number of anilines is 1. The van der Waals surface area contributed by atoms with Crippen LogP contribution in [0.2, 0.25) is 0 Å². The number of nitrogens with zero attached hydrogens (tertiary/aromatic N) is 2. The molecule has 168 valence electrons. The van der Waals surface area contributed by atoms with Gasteiger partial charge < -0.3 is 33.6 Å². The minimum absolute atomic E-state index is 0. The molecule has 3 nitrogen and oxygen atoms in total. The Labute approximate surface area is 211 Å². The van der Waals surface area contributed by atoms with Gasteiger partial charge in [0.05, 0.1) is 13.2 Å². The molecule has 1 aliphatic rings. The van der Waals surface area contributed by atoms with Crippen molar-refractivity contribution in [2.24, 2.45) is 7.05 Å². The summed E-state index contributed by atoms with van der Waals surface area (Å²) in [6, 6.07) is 26.2. The van der Waals surface area contributed by atoms with Gasteiger partial charge in [-0.1, -0.05) is 36.4 Å². The van der Waals surface area contributed by atoms with Gasteiger partial charge >= 0.3 is 0 Å². The summed E-state index contributed by atoms with van der Waals surface area (Å²) in [6.07, 6.45) is 5.00. The number of rotatable bonds is 4. The fourth-order valence-electron chi connectivity index (χ4n) is 4.57. The average molecular weight is 552 g/mol. The standard InChI is InChI=1S/C28H26FN2O.HI/c1-30-15-12-21(13-16-30)20-6-8-22(9-7-20)28-27-11-10-26(32-2)18-23(27)14-17-31(28)25-5-3-4-24(29)19-25;/h3-13,15-16,18-19,28H,14,17H2,1-2H3;1H/q+1;/p-1. The topological polar surface area (TPSA) is 16.4 Å². The maximum Gasteiger partial charge on any atom is 0.169 e. The Hall–Kier alpha value is -2.93. The van der Waals surface area contributed by atoms with Crippen LogP contribution in [0.3, 0.4) is 0 Å². The van der Waals surface area contributed by atoms with Gasteiger partial charge in [0.15, 0.2) is 12.4 Å². The number of pyridine rings is 1. The largest absolute Gasteiger partial charge is 1.00 e. The molecule has 5 rings (SSSR count). The molecule has 0 bridgehead atoms. The van der Waals surface area contributed by atoms with E-state index >= 15 is 0 Å². The highest BCUT2D eigenvalue weighted by atomic mass is 127. The summed E-state index contributed by atoms with van der Waals surface area (Å²) >= 11 is 0. The van der Waals surface area contributed by atoms with Crippen molar-refractivity contribution in [1.82, 2.24) is 0 Å². The molecule has 0 radical (unpaired) electrons. The fourth-order valence-corrected chi connectivity index (χ4v) is 4.57. The molecule has 3 aromatic carbocycles. The van der Waals surface area contributed by atoms with E-state index in [1.54, 1.807) is 19.2 Å². The van der Waals surface area contributed by atoms with Gasteiger partial charge in [-0.15, -0.1) is 0 Å². The third kappa shape index (κ3) is 4.74. The highest BCUT2D eigenvalue weighted by Crippen LogP contribution is 2.40. The molecule has 0 spiro atoms. The Kier molecular flexibility index (Phi) is 6.98. The smallest absolute Gasteiger partial charge is 0.169 e. The summed E-state index contributed by atoms with van der Waals surface area (Å²) in [6.45, 7) is 0.811. The lowest BCUT2D eigenvalue weighted by Gasteiger charge is -2.39. The molecule has 0 saturated carbocycles. The first kappa shape index (κ1) is 23.2. The summed E-state index contributed by atoms with van der Waals surface area (Å²) in [5.41, 5.74) is 6.96. The van der Waals surface area contributed by atoms with Gasteiger partial charge in [-0.3, -0.25) is 0 Å². The number of hydrogen-bond donors (Lipinski definition) is 0. The second-order valence-corrected chi connectivity index (χ2v) is 8.26. The number of fused-ring (bicyclic) bond motifs is 1. The molecule has 0 amide bonds. The van der Waals surface area contributed by atoms with Crippen LogP contribution in [0.1, 0.15) is 22.7 Å². The zero-order valence-corrected chi connectivity index (χ0v) is 20.9. The molecule has 1 aromatic heterocycles. The van der Waals surface area contributed by atoms with E-state index in [-0.39, 0.29) is 35.8 Å². The molecule has 0 fully saturated rings. The van der Waals surface area contributed by atoms with E-state index in [2.05, 4.69) is 65.8 Å². The van der Waals surface area contributed by atoms with Crippen molar-refractivity contribution < 1.29 is 37.7 Å². The minimum atomic E-state index is -0.214. The number of aryl methyl sites for hydroxylation is 1. The number of halogens is 2. The molecule has 1 unspecified atom stereocenters. The van der Waals surface area contributed by atoms with Crippen LogP contribution in [0.4, 0.5) is 10.1 Å². The predicted molar refractivity (Wildman–Crippen MR) is 125 cm³/mol. The summed E-state index contributed by atoms with van der Waals surface area (Å²) in [5.74, 6) is 0.656. The first-order valence-corrected chi connectivity index (χ1v) is 10.9. The van der Waals surface area contributed by atoms with Crippen LogP contribution in [0.5, 0.6) is 5.75 Å². The van der Waals surface area contributed by atoms with E-state index in [1.165, 1.54) is 33.9 Å². The molecule has 0 saturated heterocycles. The Morgan fingerprint density at radius 3 is 2.33 bits per heavy atom. The highest BCUT2D eigenvalue weighted by molar-refractivity contribution is 5.64. The maximum absolute atomic E-state index is 14.1. The van der Waals surface area contributed by atoms with Crippen molar-refractivity contribution in [2.45, 2.75) is 12.5 Å². The number of hydrogen-bond acceptors (Lipinski definition) is 2. The minimum Gasteiger partial charge on any atom is -1.00 e. The van der Waals surface area contributed by atoms with E-state index in [9.17, 15) is 4.39 Å². The predicted octanol–water partition coefficient (Wildman–Crippen LogP) is 2.48. The van der Waals surface area contributed by atoms with E-state index in [1.807, 2.05) is 23.7 Å². The Bertz CT molecular complexity index is 1240. The van der Waals surface area contributed by atoms with Gasteiger partial charge in [-0.25, -0.2) is 8.96 Å². The van der Waals surface area contributed by atoms with E-state index in [0.29, 0.717) is 0 Å². The van der Waals surface area contributed by atoms with E-state index in [0.717, 1.165) is 24.4 Å². The van der Waals surface area contributed by atoms with Crippen LogP contribution in [-0.2, 0) is 13.5 Å². The number of aromatic nitrogens is 1. The molecular formula is C28H26FIN2O. The molecule has 5 heteroatoms. The molecule has 1 aliphatic heterocycles. The molecule has 33 heavy (non-hydrogen) atoms. The van der Waals surface area contributed by atoms with Crippen LogP contribution >= 0.6 is 0 Å². The number of benzene rings is 3. The Morgan fingerprint density at radius 2 is 1.64 bits per heavy atom. The van der Waals surface area contributed by atoms with Crippen LogP contribution in [0, 0.1) is 5.82 Å². The van der Waals surface area contributed by atoms with Crippen molar-refractivity contribution in [3.8, 4) is 16.9 Å². The van der Waals surface area contributed by atoms with Gasteiger partial charge in [-0.2, -0.15) is 0 Å². The van der Waals surface area contributed by atoms with Crippen LogP contribution in [-0.4, -0.2) is 13.7 Å². The molecule has 0 N–H and O–H groups in total. The van der Waals surface area contributed by atoms with Crippen molar-refractivity contribution in [3.63, 3.8) is 0 Å². The zero-order valence-electron chi connectivity index (χ0n) is 18.7. The molecule has 4 aromatic rings. The van der Waals surface area contributed by atoms with Gasteiger partial charge in [0, 0.05) is 24.4 Å². The lowest BCUT2D eigenvalue weighted by Crippen LogP contribution is -3.00. The number of ether oxygens (including phenoxy) is 1. The second-order valence-electron chi connectivity index (χ2n) is 8.26. The normalized spacial score (nSPS) is 14.9. The van der Waals surface area contributed by atoms with Crippen molar-refractivity contribution in [2.75, 3.05) is 18.6 Å². The Morgan fingerprint density at radius 1 is 0.909 bits per heavy atom. The van der Waals surface area contributed by atoms with E-state index in [4.69, 9.17) is 4.74 Å².